The van der Waals surface area contributed by atoms with Gasteiger partial charge in [0.2, 0.25) is 0 Å². The Kier molecular flexibility index (Phi) is 4.31. The van der Waals surface area contributed by atoms with Crippen molar-refractivity contribution in [3.05, 3.63) is 72.6 Å². The van der Waals surface area contributed by atoms with Crippen LogP contribution in [0.25, 0.3) is 5.69 Å². The highest BCUT2D eigenvalue weighted by atomic mass is 32.2. The largest absolute Gasteiger partial charge is 0.496 e. The molecule has 3 rings (SSSR count). The zero-order valence-corrected chi connectivity index (χ0v) is 14.2. The van der Waals surface area contributed by atoms with Gasteiger partial charge in [0.05, 0.1) is 12.0 Å². The van der Waals surface area contributed by atoms with Crippen LogP contribution in [0.2, 0.25) is 0 Å². The number of rotatable bonds is 5. The topological polar surface area (TPSA) is 60.3 Å². The van der Waals surface area contributed by atoms with E-state index < -0.39 is 10.0 Å². The van der Waals surface area contributed by atoms with Gasteiger partial charge in [-0.3, -0.25) is 4.72 Å². The second-order valence-corrected chi connectivity index (χ2v) is 7.06. The van der Waals surface area contributed by atoms with E-state index in [2.05, 4.69) is 4.72 Å². The molecule has 0 radical (unpaired) electrons. The van der Waals surface area contributed by atoms with Gasteiger partial charge in [-0.2, -0.15) is 0 Å². The van der Waals surface area contributed by atoms with Crippen LogP contribution in [0.5, 0.6) is 5.75 Å². The lowest BCUT2D eigenvalue weighted by molar-refractivity contribution is 0.411. The Hall–Kier alpha value is -2.73. The van der Waals surface area contributed by atoms with E-state index >= 15 is 0 Å². The third-order valence-corrected chi connectivity index (χ3v) is 5.08. The normalized spacial score (nSPS) is 11.2. The molecule has 0 saturated heterocycles. The van der Waals surface area contributed by atoms with Crippen molar-refractivity contribution in [1.29, 1.82) is 0 Å². The van der Waals surface area contributed by atoms with Crippen LogP contribution in [0.15, 0.2) is 71.9 Å². The average molecular weight is 342 g/mol. The predicted molar refractivity (Wildman–Crippen MR) is 94.3 cm³/mol. The molecule has 1 aromatic heterocycles. The molecule has 6 heteroatoms. The van der Waals surface area contributed by atoms with E-state index in [1.54, 1.807) is 31.4 Å². The van der Waals surface area contributed by atoms with Crippen LogP contribution >= 0.6 is 0 Å². The smallest absolute Gasteiger partial charge is 0.261 e. The second kappa shape index (κ2) is 6.41. The Balaban J connectivity index is 1.83. The molecule has 2 aromatic carbocycles. The molecule has 0 saturated carbocycles. The van der Waals surface area contributed by atoms with Gasteiger partial charge in [-0.25, -0.2) is 8.42 Å². The van der Waals surface area contributed by atoms with E-state index in [1.807, 2.05) is 48.1 Å². The van der Waals surface area contributed by atoms with Crippen LogP contribution < -0.4 is 9.46 Å². The molecule has 0 aliphatic heterocycles. The van der Waals surface area contributed by atoms with Crippen molar-refractivity contribution >= 4 is 15.7 Å². The molecule has 0 fully saturated rings. The van der Waals surface area contributed by atoms with Gasteiger partial charge in [0.1, 0.15) is 5.75 Å². The van der Waals surface area contributed by atoms with Crippen molar-refractivity contribution in [1.82, 2.24) is 4.57 Å². The zero-order valence-electron chi connectivity index (χ0n) is 13.4. The van der Waals surface area contributed by atoms with Crippen LogP contribution in [0.1, 0.15) is 5.56 Å². The summed E-state index contributed by atoms with van der Waals surface area (Å²) in [7, 11) is -2.08. The number of hydrogen-bond acceptors (Lipinski definition) is 3. The molecule has 0 amide bonds. The number of benzene rings is 2. The van der Waals surface area contributed by atoms with Crippen molar-refractivity contribution in [2.75, 3.05) is 11.8 Å². The van der Waals surface area contributed by atoms with Gasteiger partial charge >= 0.3 is 0 Å². The molecule has 3 aromatic rings. The Morgan fingerprint density at radius 1 is 1.00 bits per heavy atom. The van der Waals surface area contributed by atoms with Gasteiger partial charge in [0, 0.05) is 23.8 Å². The number of nitrogens with zero attached hydrogens (tertiary/aromatic N) is 1. The van der Waals surface area contributed by atoms with Crippen molar-refractivity contribution in [2.45, 2.75) is 11.8 Å². The molecule has 0 spiro atoms. The Morgan fingerprint density at radius 3 is 2.25 bits per heavy atom. The number of aromatic nitrogens is 1. The standard InChI is InChI=1S/C18H18N2O3S/c1-14-13-17(9-10-18(14)23-2)24(21,22)19-15-5-7-16(8-6-15)20-11-3-4-12-20/h3-13,19H,1-2H3. The Morgan fingerprint density at radius 2 is 1.67 bits per heavy atom. The third-order valence-electron chi connectivity index (χ3n) is 3.70. The van der Waals surface area contributed by atoms with Gasteiger partial charge in [0.15, 0.2) is 0 Å². The monoisotopic (exact) mass is 342 g/mol. The van der Waals surface area contributed by atoms with Crippen LogP contribution in [0.4, 0.5) is 5.69 Å². The molecule has 5 nitrogen and oxygen atoms in total. The molecule has 0 atom stereocenters. The molecule has 1 N–H and O–H groups in total. The molecule has 0 aliphatic rings. The first-order chi connectivity index (χ1) is 11.5. The number of anilines is 1. The number of sulfonamides is 1. The first-order valence-electron chi connectivity index (χ1n) is 7.40. The molecule has 0 bridgehead atoms. The number of ether oxygens (including phenoxy) is 1. The highest BCUT2D eigenvalue weighted by molar-refractivity contribution is 7.92. The van der Waals surface area contributed by atoms with E-state index in [9.17, 15) is 8.42 Å². The average Bonchev–Trinajstić information content (AvgIpc) is 3.09. The maximum atomic E-state index is 12.5. The summed E-state index contributed by atoms with van der Waals surface area (Å²) in [4.78, 5) is 0.204. The first-order valence-corrected chi connectivity index (χ1v) is 8.89. The summed E-state index contributed by atoms with van der Waals surface area (Å²) in [5, 5.41) is 0. The minimum atomic E-state index is -3.64. The first kappa shape index (κ1) is 16.1. The zero-order chi connectivity index (χ0) is 17.2. The van der Waals surface area contributed by atoms with E-state index in [-0.39, 0.29) is 4.90 Å². The summed E-state index contributed by atoms with van der Waals surface area (Å²) < 4.78 is 34.7. The fourth-order valence-corrected chi connectivity index (χ4v) is 3.58. The van der Waals surface area contributed by atoms with Crippen molar-refractivity contribution in [2.24, 2.45) is 0 Å². The quantitative estimate of drug-likeness (QED) is 0.771. The maximum absolute atomic E-state index is 12.5. The SMILES string of the molecule is COc1ccc(S(=O)(=O)Nc2ccc(-n3cccc3)cc2)cc1C. The van der Waals surface area contributed by atoms with E-state index in [0.717, 1.165) is 11.3 Å². The van der Waals surface area contributed by atoms with Crippen LogP contribution in [-0.4, -0.2) is 20.1 Å². The molecule has 0 aliphatic carbocycles. The summed E-state index contributed by atoms with van der Waals surface area (Å²) in [5.74, 6) is 0.657. The van der Waals surface area contributed by atoms with Crippen molar-refractivity contribution in [3.8, 4) is 11.4 Å². The van der Waals surface area contributed by atoms with E-state index in [1.165, 1.54) is 6.07 Å². The predicted octanol–water partition coefficient (Wildman–Crippen LogP) is 3.60. The van der Waals surface area contributed by atoms with Crippen LogP contribution in [0.3, 0.4) is 0 Å². The number of nitrogens with one attached hydrogen (secondary N) is 1. The second-order valence-electron chi connectivity index (χ2n) is 5.37. The number of methoxy groups -OCH3 is 1. The summed E-state index contributed by atoms with van der Waals surface area (Å²) in [6.45, 7) is 1.81. The maximum Gasteiger partial charge on any atom is 0.261 e. The summed E-state index contributed by atoms with van der Waals surface area (Å²) in [6.07, 6.45) is 3.86. The Labute approximate surface area is 141 Å². The number of hydrogen-bond donors (Lipinski definition) is 1. The van der Waals surface area contributed by atoms with Crippen molar-refractivity contribution < 1.29 is 13.2 Å². The Bertz CT molecular complexity index is 931. The lowest BCUT2D eigenvalue weighted by Crippen LogP contribution is -2.13. The van der Waals surface area contributed by atoms with Crippen LogP contribution in [0, 0.1) is 6.92 Å². The molecule has 0 unspecified atom stereocenters. The highest BCUT2D eigenvalue weighted by Gasteiger charge is 2.15. The lowest BCUT2D eigenvalue weighted by atomic mass is 10.2. The van der Waals surface area contributed by atoms with Gasteiger partial charge < -0.3 is 9.30 Å². The molecule has 124 valence electrons. The highest BCUT2D eigenvalue weighted by Crippen LogP contribution is 2.23. The van der Waals surface area contributed by atoms with Gasteiger partial charge in [-0.05, 0) is 67.1 Å². The van der Waals surface area contributed by atoms with E-state index in [4.69, 9.17) is 4.74 Å². The van der Waals surface area contributed by atoms with E-state index in [0.29, 0.717) is 11.4 Å². The lowest BCUT2D eigenvalue weighted by Gasteiger charge is -2.11. The molecule has 24 heavy (non-hydrogen) atoms. The molecular formula is C18H18N2O3S. The summed E-state index contributed by atoms with van der Waals surface area (Å²) in [5.41, 5.74) is 2.24. The summed E-state index contributed by atoms with van der Waals surface area (Å²) in [6, 6.07) is 15.8. The summed E-state index contributed by atoms with van der Waals surface area (Å²) >= 11 is 0. The fourth-order valence-electron chi connectivity index (χ4n) is 2.44. The molecular weight excluding hydrogens is 324 g/mol. The van der Waals surface area contributed by atoms with Crippen molar-refractivity contribution in [3.63, 3.8) is 0 Å². The van der Waals surface area contributed by atoms with Gasteiger partial charge in [-0.1, -0.05) is 0 Å². The minimum absolute atomic E-state index is 0.204. The van der Waals surface area contributed by atoms with Crippen LogP contribution in [-0.2, 0) is 10.0 Å². The van der Waals surface area contributed by atoms with Gasteiger partial charge in [-0.15, -0.1) is 0 Å². The van der Waals surface area contributed by atoms with Gasteiger partial charge in [0.25, 0.3) is 10.0 Å². The molecule has 1 heterocycles. The minimum Gasteiger partial charge on any atom is -0.496 e. The number of aryl methyl sites for hydroxylation is 1. The fraction of sp³-hybridized carbons (Fsp3) is 0.111. The third kappa shape index (κ3) is 3.28.